The smallest absolute Gasteiger partial charge is 0.329 e. The zero-order valence-corrected chi connectivity index (χ0v) is 30.3. The molecule has 2 N–H and O–H groups in total. The number of imide groups is 1. The Kier molecular flexibility index (Phi) is 11.2. The summed E-state index contributed by atoms with van der Waals surface area (Å²) in [6, 6.07) is 5.97. The number of ether oxygens (including phenoxy) is 1. The third-order valence-corrected chi connectivity index (χ3v) is 10.8. The highest BCUT2D eigenvalue weighted by Gasteiger charge is 2.32. The second-order valence-electron chi connectivity index (χ2n) is 14.3. The molecule has 1 aromatic carbocycles. The lowest BCUT2D eigenvalue weighted by atomic mass is 9.85. The van der Waals surface area contributed by atoms with E-state index in [1.54, 1.807) is 23.9 Å². The number of halogens is 2. The molecule has 1 atom stereocenters. The number of likely N-dealkylation sites (tertiary alicyclic amines) is 1. The topological polar surface area (TPSA) is 150 Å². The molecule has 0 bridgehead atoms. The van der Waals surface area contributed by atoms with E-state index in [-0.39, 0.29) is 60.1 Å². The molecule has 14 nitrogen and oxygen atoms in total. The van der Waals surface area contributed by atoms with Gasteiger partial charge in [0.1, 0.15) is 12.6 Å². The molecule has 55 heavy (non-hydrogen) atoms. The molecule has 0 spiro atoms. The quantitative estimate of drug-likeness (QED) is 0.139. The first-order valence-corrected chi connectivity index (χ1v) is 18.5. The van der Waals surface area contributed by atoms with Crippen LogP contribution in [0.1, 0.15) is 91.5 Å². The minimum atomic E-state index is -2.86. The van der Waals surface area contributed by atoms with Crippen molar-refractivity contribution in [2.45, 2.75) is 76.0 Å². The summed E-state index contributed by atoms with van der Waals surface area (Å²) in [4.78, 5) is 59.7. The van der Waals surface area contributed by atoms with E-state index in [4.69, 9.17) is 11.3 Å². The first-order chi connectivity index (χ1) is 26.6. The Bertz CT molecular complexity index is 2260. The molecule has 1 saturated carbocycles. The number of imidazole rings is 1. The number of hydrogen-bond acceptors (Lipinski definition) is 8. The van der Waals surface area contributed by atoms with E-state index in [2.05, 4.69) is 42.3 Å². The molecule has 286 valence electrons. The number of fused-ring (bicyclic) bond motifs is 1. The first kappa shape index (κ1) is 37.6. The Hall–Kier alpha value is -5.71. The number of carbonyl (C=O) groups is 3. The van der Waals surface area contributed by atoms with Gasteiger partial charge in [0, 0.05) is 57.3 Å². The van der Waals surface area contributed by atoms with Crippen LogP contribution in [0.25, 0.3) is 15.9 Å². The number of anilines is 1. The van der Waals surface area contributed by atoms with E-state index in [9.17, 15) is 28.0 Å². The number of benzene rings is 1. The fraction of sp³-hybridized carbons (Fsp3) is 0.462. The predicted octanol–water partition coefficient (Wildman–Crippen LogP) is 4.91. The third kappa shape index (κ3) is 8.21. The van der Waals surface area contributed by atoms with Crippen molar-refractivity contribution >= 4 is 40.1 Å². The van der Waals surface area contributed by atoms with Gasteiger partial charge in [-0.2, -0.15) is 5.10 Å². The lowest BCUT2D eigenvalue weighted by molar-refractivity contribution is -0.135. The van der Waals surface area contributed by atoms with E-state index in [1.165, 1.54) is 33.8 Å². The first-order valence-electron chi connectivity index (χ1n) is 18.5. The van der Waals surface area contributed by atoms with Crippen LogP contribution >= 0.6 is 0 Å². The number of aryl methyl sites for hydroxylation is 1. The lowest BCUT2D eigenvalue weighted by Gasteiger charge is -2.36. The van der Waals surface area contributed by atoms with Gasteiger partial charge in [-0.3, -0.25) is 38.5 Å². The lowest BCUT2D eigenvalue weighted by Crippen LogP contribution is -2.44. The van der Waals surface area contributed by atoms with Crippen LogP contribution in [0, 0.1) is 24.3 Å². The number of aromatic nitrogens is 5. The van der Waals surface area contributed by atoms with Gasteiger partial charge in [0.05, 0.1) is 41.0 Å². The summed E-state index contributed by atoms with van der Waals surface area (Å²) < 4.78 is 38.4. The number of nitrogens with one attached hydrogen (secondary N) is 2. The van der Waals surface area contributed by atoms with Crippen LogP contribution in [0.15, 0.2) is 47.7 Å². The van der Waals surface area contributed by atoms with Crippen LogP contribution in [0.3, 0.4) is 0 Å². The van der Waals surface area contributed by atoms with E-state index in [0.29, 0.717) is 22.5 Å². The second-order valence-corrected chi connectivity index (χ2v) is 14.3. The third-order valence-electron chi connectivity index (χ3n) is 10.8. The minimum absolute atomic E-state index is 0.0440. The van der Waals surface area contributed by atoms with Gasteiger partial charge in [0.2, 0.25) is 17.5 Å². The molecular weight excluding hydrogens is 712 g/mol. The van der Waals surface area contributed by atoms with Crippen molar-refractivity contribution in [1.29, 1.82) is 0 Å². The number of alkyl halides is 2. The maximum atomic E-state index is 13.9. The van der Waals surface area contributed by atoms with Crippen LogP contribution in [0.4, 0.5) is 20.2 Å². The van der Waals surface area contributed by atoms with Gasteiger partial charge in [-0.05, 0) is 69.1 Å². The number of pyridine rings is 1. The SMILES string of the molecule is [C-]#[N+]c1cncc(C(=O)Nc2cn(C3CCC(CN4CCC(OCC#Cc5cccc6c5n(C)c(=O)n6C5CCC(=O)NC5=O)CC4)CC3)nc2C(F)F)c1. The Morgan fingerprint density at radius 1 is 1.11 bits per heavy atom. The van der Waals surface area contributed by atoms with Gasteiger partial charge in [-0.25, -0.2) is 18.4 Å². The molecule has 2 saturated heterocycles. The summed E-state index contributed by atoms with van der Waals surface area (Å²) in [5.74, 6) is 5.29. The number of rotatable bonds is 9. The van der Waals surface area contributed by atoms with Gasteiger partial charge < -0.3 is 15.0 Å². The molecule has 3 fully saturated rings. The molecule has 3 aliphatic rings. The monoisotopic (exact) mass is 753 g/mol. The molecule has 3 amide bonds. The highest BCUT2D eigenvalue weighted by atomic mass is 19.3. The van der Waals surface area contributed by atoms with Crippen molar-refractivity contribution in [3.8, 4) is 11.8 Å². The molecule has 1 aliphatic carbocycles. The molecule has 16 heteroatoms. The van der Waals surface area contributed by atoms with Crippen molar-refractivity contribution in [2.24, 2.45) is 13.0 Å². The highest BCUT2D eigenvalue weighted by Crippen LogP contribution is 2.36. The van der Waals surface area contributed by atoms with E-state index in [1.807, 2.05) is 6.07 Å². The van der Waals surface area contributed by atoms with Crippen molar-refractivity contribution in [3.63, 3.8) is 0 Å². The van der Waals surface area contributed by atoms with E-state index < -0.39 is 30.0 Å². The van der Waals surface area contributed by atoms with Gasteiger partial charge in [-0.1, -0.05) is 17.9 Å². The van der Waals surface area contributed by atoms with Crippen LogP contribution < -0.4 is 16.3 Å². The van der Waals surface area contributed by atoms with E-state index >= 15 is 0 Å². The average molecular weight is 754 g/mol. The predicted molar refractivity (Wildman–Crippen MR) is 198 cm³/mol. The number of piperidine rings is 2. The standard InChI is InChI=1S/C39H41F2N9O5/c1-42-27-19-26(20-43-21-27)37(52)44-30-23-49(46-34(30)36(40)41)28-10-8-24(9-11-28)22-48-16-14-29(15-17-48)55-18-4-6-25-5-3-7-31-35(25)47(2)39(54)50(31)32-12-13-33(51)45-38(32)53/h3,5,7,19-21,23-24,28-29,32,36H,8-18,22H2,2H3,(H,44,52)(H,45,51,53). The van der Waals surface area contributed by atoms with Gasteiger partial charge in [0.25, 0.3) is 12.3 Å². The molecule has 3 aromatic heterocycles. The molecule has 4 aromatic rings. The largest absolute Gasteiger partial charge is 0.365 e. The van der Waals surface area contributed by atoms with Gasteiger partial charge >= 0.3 is 5.69 Å². The van der Waals surface area contributed by atoms with Crippen molar-refractivity contribution in [1.82, 2.24) is 34.1 Å². The molecule has 1 unspecified atom stereocenters. The van der Waals surface area contributed by atoms with Crippen molar-refractivity contribution < 1.29 is 27.9 Å². The Morgan fingerprint density at radius 2 is 1.89 bits per heavy atom. The molecule has 2 aliphatic heterocycles. The number of hydrogen-bond donors (Lipinski definition) is 2. The number of para-hydroxylation sites is 1. The maximum absolute atomic E-state index is 13.9. The highest BCUT2D eigenvalue weighted by molar-refractivity contribution is 6.05. The zero-order valence-electron chi connectivity index (χ0n) is 30.3. The fourth-order valence-electron chi connectivity index (χ4n) is 7.93. The van der Waals surface area contributed by atoms with Crippen molar-refractivity contribution in [2.75, 3.05) is 31.6 Å². The molecular formula is C39H41F2N9O5. The summed E-state index contributed by atoms with van der Waals surface area (Å²) in [5.41, 5.74) is 1.29. The molecule has 7 rings (SSSR count). The van der Waals surface area contributed by atoms with Crippen molar-refractivity contribution in [3.05, 3.63) is 81.6 Å². The maximum Gasteiger partial charge on any atom is 0.329 e. The van der Waals surface area contributed by atoms with Crippen LogP contribution in [-0.2, 0) is 21.4 Å². The number of amides is 3. The summed E-state index contributed by atoms with van der Waals surface area (Å²) in [5, 5.41) is 9.03. The number of nitrogens with zero attached hydrogens (tertiary/aromatic N) is 7. The summed E-state index contributed by atoms with van der Waals surface area (Å²) in [7, 11) is 1.65. The number of carbonyl (C=O) groups excluding carboxylic acids is 3. The van der Waals surface area contributed by atoms with E-state index in [0.717, 1.165) is 58.2 Å². The Morgan fingerprint density at radius 3 is 2.62 bits per heavy atom. The Labute approximate surface area is 315 Å². The average Bonchev–Trinajstić information content (AvgIpc) is 3.72. The van der Waals surface area contributed by atoms with Crippen LogP contribution in [0.2, 0.25) is 0 Å². The summed E-state index contributed by atoms with van der Waals surface area (Å²) in [6.07, 6.45) is 6.97. The summed E-state index contributed by atoms with van der Waals surface area (Å²) >= 11 is 0. The minimum Gasteiger partial charge on any atom is -0.365 e. The van der Waals surface area contributed by atoms with Gasteiger partial charge in [-0.15, -0.1) is 0 Å². The fourth-order valence-corrected chi connectivity index (χ4v) is 7.93. The Balaban J connectivity index is 0.875. The normalized spacial score (nSPS) is 20.9. The second kappa shape index (κ2) is 16.3. The van der Waals surface area contributed by atoms with Crippen LogP contribution in [0.5, 0.6) is 0 Å². The molecule has 5 heterocycles. The zero-order chi connectivity index (χ0) is 38.6. The van der Waals surface area contributed by atoms with Gasteiger partial charge in [0.15, 0.2) is 5.69 Å². The van der Waals surface area contributed by atoms with Crippen LogP contribution in [-0.4, -0.2) is 78.9 Å². The molecule has 0 radical (unpaired) electrons. The summed E-state index contributed by atoms with van der Waals surface area (Å²) in [6.45, 7) is 10.1.